The second kappa shape index (κ2) is 4.64. The Morgan fingerprint density at radius 2 is 1.85 bits per heavy atom. The number of nitrogens with zero attached hydrogens (tertiary/aromatic N) is 1. The maximum Gasteiger partial charge on any atom is 0.0774 e. The van der Waals surface area contributed by atoms with Crippen LogP contribution in [0.15, 0.2) is 53.6 Å². The van der Waals surface area contributed by atoms with E-state index >= 15 is 0 Å². The third-order valence-electron chi connectivity index (χ3n) is 4.32. The van der Waals surface area contributed by atoms with Crippen LogP contribution in [0.4, 0.5) is 0 Å². The van der Waals surface area contributed by atoms with Crippen molar-refractivity contribution >= 4 is 17.3 Å². The summed E-state index contributed by atoms with van der Waals surface area (Å²) in [4.78, 5) is 0. The van der Waals surface area contributed by atoms with Gasteiger partial charge >= 0.3 is 0 Å². The van der Waals surface area contributed by atoms with Gasteiger partial charge in [0.2, 0.25) is 0 Å². The largest absolute Gasteiger partial charge is 0.302 e. The molecule has 4 rings (SSSR count). The van der Waals surface area contributed by atoms with E-state index in [0.29, 0.717) is 5.92 Å². The van der Waals surface area contributed by atoms with Crippen LogP contribution in [-0.2, 0) is 6.42 Å². The van der Waals surface area contributed by atoms with E-state index in [4.69, 9.17) is 11.6 Å². The molecule has 1 aliphatic carbocycles. The SMILES string of the molecule is Clc1ccc([C@H]2NN=C3c4ccccc4CC[C@H]32)cc1. The first-order valence-corrected chi connectivity index (χ1v) is 7.37. The Hall–Kier alpha value is -1.80. The molecule has 0 aromatic heterocycles. The molecule has 100 valence electrons. The lowest BCUT2D eigenvalue weighted by atomic mass is 9.77. The molecule has 1 aliphatic heterocycles. The van der Waals surface area contributed by atoms with Crippen LogP contribution in [0.5, 0.6) is 0 Å². The van der Waals surface area contributed by atoms with Crippen molar-refractivity contribution in [3.63, 3.8) is 0 Å². The predicted molar refractivity (Wildman–Crippen MR) is 82.1 cm³/mol. The van der Waals surface area contributed by atoms with Crippen LogP contribution >= 0.6 is 11.6 Å². The lowest BCUT2D eigenvalue weighted by molar-refractivity contribution is 0.467. The average molecular weight is 283 g/mol. The molecule has 0 amide bonds. The number of hydrogen-bond acceptors (Lipinski definition) is 2. The average Bonchev–Trinajstić information content (AvgIpc) is 2.92. The first-order chi connectivity index (χ1) is 9.83. The molecule has 2 aliphatic rings. The predicted octanol–water partition coefficient (Wildman–Crippen LogP) is 3.95. The van der Waals surface area contributed by atoms with Crippen molar-refractivity contribution in [1.82, 2.24) is 5.43 Å². The number of nitrogens with one attached hydrogen (secondary N) is 1. The van der Waals surface area contributed by atoms with Crippen LogP contribution in [0.1, 0.15) is 29.2 Å². The fourth-order valence-corrected chi connectivity index (χ4v) is 3.44. The van der Waals surface area contributed by atoms with Gasteiger partial charge in [-0.05, 0) is 36.1 Å². The molecule has 0 unspecified atom stereocenters. The fraction of sp³-hybridized carbons (Fsp3) is 0.235. The van der Waals surface area contributed by atoms with Gasteiger partial charge in [0, 0.05) is 16.5 Å². The molecule has 2 aromatic carbocycles. The standard InChI is InChI=1S/C17H15ClN2/c18-13-8-5-12(6-9-13)16-15-10-7-11-3-1-2-4-14(11)17(15)20-19-16/h1-6,8-9,15-16,19H,7,10H2/t15-,16+/m0/s1. The van der Waals surface area contributed by atoms with E-state index in [2.05, 4.69) is 46.9 Å². The third-order valence-corrected chi connectivity index (χ3v) is 4.58. The zero-order valence-electron chi connectivity index (χ0n) is 11.0. The van der Waals surface area contributed by atoms with Gasteiger partial charge in [-0.15, -0.1) is 0 Å². The number of fused-ring (bicyclic) bond motifs is 3. The molecule has 0 bridgehead atoms. The van der Waals surface area contributed by atoms with Gasteiger partial charge in [-0.25, -0.2) is 0 Å². The van der Waals surface area contributed by atoms with Crippen LogP contribution < -0.4 is 5.43 Å². The van der Waals surface area contributed by atoms with E-state index in [1.54, 1.807) is 0 Å². The second-order valence-corrected chi connectivity index (χ2v) is 5.89. The molecule has 3 heteroatoms. The first-order valence-electron chi connectivity index (χ1n) is 7.00. The molecular formula is C17H15ClN2. The molecule has 20 heavy (non-hydrogen) atoms. The minimum Gasteiger partial charge on any atom is -0.302 e. The quantitative estimate of drug-likeness (QED) is 0.841. The minimum atomic E-state index is 0.274. The van der Waals surface area contributed by atoms with Gasteiger partial charge < -0.3 is 5.43 Å². The highest BCUT2D eigenvalue weighted by Gasteiger charge is 2.36. The van der Waals surface area contributed by atoms with Crippen molar-refractivity contribution in [3.05, 3.63) is 70.2 Å². The van der Waals surface area contributed by atoms with Crippen molar-refractivity contribution in [2.75, 3.05) is 0 Å². The minimum absolute atomic E-state index is 0.274. The van der Waals surface area contributed by atoms with E-state index in [1.165, 1.54) is 22.4 Å². The number of rotatable bonds is 1. The molecule has 1 N–H and O–H groups in total. The summed E-state index contributed by atoms with van der Waals surface area (Å²) in [6.07, 6.45) is 2.28. The molecule has 1 heterocycles. The number of benzene rings is 2. The van der Waals surface area contributed by atoms with E-state index in [0.717, 1.165) is 17.9 Å². The summed E-state index contributed by atoms with van der Waals surface area (Å²) in [6, 6.07) is 17.0. The monoisotopic (exact) mass is 282 g/mol. The summed E-state index contributed by atoms with van der Waals surface area (Å²) in [5.74, 6) is 0.464. The first kappa shape index (κ1) is 12.0. The Labute approximate surface area is 123 Å². The molecule has 0 spiro atoms. The second-order valence-electron chi connectivity index (χ2n) is 5.46. The smallest absolute Gasteiger partial charge is 0.0774 e. The van der Waals surface area contributed by atoms with E-state index < -0.39 is 0 Å². The lowest BCUT2D eigenvalue weighted by Crippen LogP contribution is -2.26. The van der Waals surface area contributed by atoms with Crippen LogP contribution in [0.25, 0.3) is 0 Å². The summed E-state index contributed by atoms with van der Waals surface area (Å²) < 4.78 is 0. The summed E-state index contributed by atoms with van der Waals surface area (Å²) in [5.41, 5.74) is 8.53. The van der Waals surface area contributed by atoms with Crippen LogP contribution in [-0.4, -0.2) is 5.71 Å². The van der Waals surface area contributed by atoms with Crippen molar-refractivity contribution in [2.45, 2.75) is 18.9 Å². The van der Waals surface area contributed by atoms with Crippen LogP contribution in [0.2, 0.25) is 5.02 Å². The molecule has 0 radical (unpaired) electrons. The van der Waals surface area contributed by atoms with Crippen molar-refractivity contribution in [1.29, 1.82) is 0 Å². The van der Waals surface area contributed by atoms with Gasteiger partial charge in [-0.1, -0.05) is 48.0 Å². The zero-order valence-corrected chi connectivity index (χ0v) is 11.8. The van der Waals surface area contributed by atoms with Crippen molar-refractivity contribution in [3.8, 4) is 0 Å². The van der Waals surface area contributed by atoms with Gasteiger partial charge in [0.1, 0.15) is 0 Å². The van der Waals surface area contributed by atoms with E-state index in [9.17, 15) is 0 Å². The Morgan fingerprint density at radius 3 is 2.70 bits per heavy atom. The summed E-state index contributed by atoms with van der Waals surface area (Å²) >= 11 is 5.97. The maximum absolute atomic E-state index is 5.97. The topological polar surface area (TPSA) is 24.4 Å². The number of hydrogen-bond donors (Lipinski definition) is 1. The highest BCUT2D eigenvalue weighted by molar-refractivity contribution is 6.30. The maximum atomic E-state index is 5.97. The molecular weight excluding hydrogens is 268 g/mol. The van der Waals surface area contributed by atoms with Crippen LogP contribution in [0, 0.1) is 5.92 Å². The lowest BCUT2D eigenvalue weighted by Gasteiger charge is -2.26. The molecule has 2 nitrogen and oxygen atoms in total. The fourth-order valence-electron chi connectivity index (χ4n) is 3.31. The highest BCUT2D eigenvalue weighted by Crippen LogP contribution is 2.38. The zero-order chi connectivity index (χ0) is 13.5. The molecule has 2 atom stereocenters. The Bertz CT molecular complexity index is 676. The Kier molecular flexibility index (Phi) is 2.78. The Morgan fingerprint density at radius 1 is 1.05 bits per heavy atom. The number of hydrazone groups is 1. The van der Waals surface area contributed by atoms with Crippen molar-refractivity contribution < 1.29 is 0 Å². The summed E-state index contributed by atoms with van der Waals surface area (Å²) in [6.45, 7) is 0. The van der Waals surface area contributed by atoms with Crippen LogP contribution in [0.3, 0.4) is 0 Å². The molecule has 0 saturated carbocycles. The van der Waals surface area contributed by atoms with Gasteiger partial charge in [0.25, 0.3) is 0 Å². The van der Waals surface area contributed by atoms with Gasteiger partial charge in [0.15, 0.2) is 0 Å². The number of halogens is 1. The van der Waals surface area contributed by atoms with Gasteiger partial charge in [0.05, 0.1) is 11.8 Å². The molecule has 2 aromatic rings. The Balaban J connectivity index is 1.69. The van der Waals surface area contributed by atoms with E-state index in [-0.39, 0.29) is 6.04 Å². The molecule has 0 saturated heterocycles. The summed E-state index contributed by atoms with van der Waals surface area (Å²) in [7, 11) is 0. The van der Waals surface area contributed by atoms with Crippen molar-refractivity contribution in [2.24, 2.45) is 11.0 Å². The van der Waals surface area contributed by atoms with E-state index in [1.807, 2.05) is 12.1 Å². The third kappa shape index (κ3) is 1.83. The van der Waals surface area contributed by atoms with Gasteiger partial charge in [-0.3, -0.25) is 0 Å². The molecule has 0 fully saturated rings. The van der Waals surface area contributed by atoms with Gasteiger partial charge in [-0.2, -0.15) is 5.10 Å². The normalized spacial score (nSPS) is 23.6. The summed E-state index contributed by atoms with van der Waals surface area (Å²) in [5, 5.41) is 5.39. The highest BCUT2D eigenvalue weighted by atomic mass is 35.5. The number of aryl methyl sites for hydroxylation is 1.